The number of amides is 1. The second-order valence-corrected chi connectivity index (χ2v) is 3.04. The molecule has 1 aromatic heterocycles. The average Bonchev–Trinajstić information content (AvgIpc) is 2.65. The number of carbonyl (C=O) groups excluding carboxylic acids is 1. The Balaban J connectivity index is 2.80. The van der Waals surface area contributed by atoms with Crippen molar-refractivity contribution in [1.82, 2.24) is 20.3 Å². The summed E-state index contributed by atoms with van der Waals surface area (Å²) in [6.07, 6.45) is 1.34. The van der Waals surface area contributed by atoms with Gasteiger partial charge in [0.05, 0.1) is 12.3 Å². The van der Waals surface area contributed by atoms with Crippen molar-refractivity contribution in [3.8, 4) is 6.07 Å². The molecular formula is C8H11N5O. The number of hydrogen-bond donors (Lipinski definition) is 1. The first-order valence-electron chi connectivity index (χ1n) is 4.20. The van der Waals surface area contributed by atoms with Crippen LogP contribution in [0.5, 0.6) is 0 Å². The molecule has 0 aliphatic heterocycles. The Labute approximate surface area is 81.5 Å². The van der Waals surface area contributed by atoms with Gasteiger partial charge in [-0.15, -0.1) is 0 Å². The number of aromatic nitrogens is 3. The van der Waals surface area contributed by atoms with Crippen LogP contribution in [0.15, 0.2) is 6.20 Å². The summed E-state index contributed by atoms with van der Waals surface area (Å²) in [5.41, 5.74) is 0.231. The second-order valence-electron chi connectivity index (χ2n) is 3.04. The zero-order chi connectivity index (χ0) is 10.6. The fraction of sp³-hybridized carbons (Fsp3) is 0.500. The summed E-state index contributed by atoms with van der Waals surface area (Å²) in [5.74, 6) is -0.282. The summed E-state index contributed by atoms with van der Waals surface area (Å²) in [7, 11) is 0. The fourth-order valence-corrected chi connectivity index (χ4v) is 1.02. The van der Waals surface area contributed by atoms with Crippen molar-refractivity contribution in [2.45, 2.75) is 19.9 Å². The molecule has 0 aromatic carbocycles. The largest absolute Gasteiger partial charge is 0.321 e. The van der Waals surface area contributed by atoms with E-state index >= 15 is 0 Å². The van der Waals surface area contributed by atoms with Crippen molar-refractivity contribution in [3.63, 3.8) is 0 Å². The van der Waals surface area contributed by atoms with Gasteiger partial charge < -0.3 is 4.90 Å². The summed E-state index contributed by atoms with van der Waals surface area (Å²) < 4.78 is 0. The Morgan fingerprint density at radius 3 is 2.93 bits per heavy atom. The SMILES string of the molecule is CC(C)N(CC#N)C(=O)c1cn[nH]n1. The minimum Gasteiger partial charge on any atom is -0.321 e. The maximum atomic E-state index is 11.7. The van der Waals surface area contributed by atoms with Gasteiger partial charge in [0.25, 0.3) is 5.91 Å². The van der Waals surface area contributed by atoms with Gasteiger partial charge >= 0.3 is 0 Å². The van der Waals surface area contributed by atoms with E-state index in [1.165, 1.54) is 11.1 Å². The molecule has 0 aliphatic rings. The van der Waals surface area contributed by atoms with Gasteiger partial charge in [-0.1, -0.05) is 0 Å². The molecule has 0 atom stereocenters. The van der Waals surface area contributed by atoms with Gasteiger partial charge in [0.1, 0.15) is 6.54 Å². The molecule has 1 aromatic rings. The van der Waals surface area contributed by atoms with Crippen LogP contribution in [0.2, 0.25) is 0 Å². The number of rotatable bonds is 3. The highest BCUT2D eigenvalue weighted by molar-refractivity contribution is 5.92. The van der Waals surface area contributed by atoms with Crippen LogP contribution in [-0.4, -0.2) is 38.8 Å². The topological polar surface area (TPSA) is 85.7 Å². The molecule has 0 saturated carbocycles. The van der Waals surface area contributed by atoms with E-state index in [-0.39, 0.29) is 24.2 Å². The number of nitrogens with one attached hydrogen (secondary N) is 1. The fourth-order valence-electron chi connectivity index (χ4n) is 1.02. The molecule has 1 heterocycles. The molecule has 0 fully saturated rings. The van der Waals surface area contributed by atoms with Crippen LogP contribution in [0, 0.1) is 11.3 Å². The molecule has 0 saturated heterocycles. The van der Waals surface area contributed by atoms with Gasteiger partial charge in [0.15, 0.2) is 5.69 Å². The minimum atomic E-state index is -0.282. The van der Waals surface area contributed by atoms with Crippen LogP contribution in [0.1, 0.15) is 24.3 Å². The van der Waals surface area contributed by atoms with Gasteiger partial charge in [0.2, 0.25) is 0 Å². The smallest absolute Gasteiger partial charge is 0.277 e. The monoisotopic (exact) mass is 193 g/mol. The summed E-state index contributed by atoms with van der Waals surface area (Å²) in [4.78, 5) is 13.1. The molecule has 6 nitrogen and oxygen atoms in total. The van der Waals surface area contributed by atoms with Crippen LogP contribution >= 0.6 is 0 Å². The van der Waals surface area contributed by atoms with E-state index < -0.39 is 0 Å². The Hall–Kier alpha value is -1.90. The molecule has 1 N–H and O–H groups in total. The van der Waals surface area contributed by atoms with E-state index in [0.29, 0.717) is 0 Å². The van der Waals surface area contributed by atoms with E-state index in [0.717, 1.165) is 0 Å². The van der Waals surface area contributed by atoms with Gasteiger partial charge in [-0.2, -0.15) is 20.7 Å². The summed E-state index contributed by atoms with van der Waals surface area (Å²) in [6, 6.07) is 1.91. The maximum Gasteiger partial charge on any atom is 0.277 e. The Morgan fingerprint density at radius 1 is 1.79 bits per heavy atom. The lowest BCUT2D eigenvalue weighted by atomic mass is 10.3. The normalized spacial score (nSPS) is 9.86. The number of nitriles is 1. The van der Waals surface area contributed by atoms with Crippen molar-refractivity contribution < 1.29 is 4.79 Å². The molecule has 1 amide bonds. The van der Waals surface area contributed by atoms with E-state index in [9.17, 15) is 4.79 Å². The maximum absolute atomic E-state index is 11.7. The van der Waals surface area contributed by atoms with E-state index in [1.807, 2.05) is 19.9 Å². The van der Waals surface area contributed by atoms with Gasteiger partial charge in [-0.3, -0.25) is 4.79 Å². The number of H-pyrrole nitrogens is 1. The number of carbonyl (C=O) groups is 1. The first-order chi connectivity index (χ1) is 6.66. The molecule has 0 aliphatic carbocycles. The van der Waals surface area contributed by atoms with E-state index in [4.69, 9.17) is 5.26 Å². The first kappa shape index (κ1) is 10.2. The number of hydrogen-bond acceptors (Lipinski definition) is 4. The molecule has 74 valence electrons. The predicted molar refractivity (Wildman–Crippen MR) is 48.2 cm³/mol. The molecule has 0 unspecified atom stereocenters. The lowest BCUT2D eigenvalue weighted by Crippen LogP contribution is -2.37. The third-order valence-corrected chi connectivity index (χ3v) is 1.76. The van der Waals surface area contributed by atoms with Crippen LogP contribution in [0.3, 0.4) is 0 Å². The van der Waals surface area contributed by atoms with Gasteiger partial charge in [-0.05, 0) is 13.8 Å². The zero-order valence-electron chi connectivity index (χ0n) is 8.06. The van der Waals surface area contributed by atoms with Crippen LogP contribution in [0.4, 0.5) is 0 Å². The van der Waals surface area contributed by atoms with Gasteiger partial charge in [-0.25, -0.2) is 0 Å². The van der Waals surface area contributed by atoms with Crippen LogP contribution in [0.25, 0.3) is 0 Å². The standard InChI is InChI=1S/C8H11N5O/c1-6(2)13(4-3-9)8(14)7-5-10-12-11-7/h5-6H,4H2,1-2H3,(H,10,11,12). The third-order valence-electron chi connectivity index (χ3n) is 1.76. The first-order valence-corrected chi connectivity index (χ1v) is 4.20. The summed E-state index contributed by atoms with van der Waals surface area (Å²) in [5, 5.41) is 18.1. The average molecular weight is 193 g/mol. The summed E-state index contributed by atoms with van der Waals surface area (Å²) >= 11 is 0. The number of aromatic amines is 1. The highest BCUT2D eigenvalue weighted by Crippen LogP contribution is 2.03. The van der Waals surface area contributed by atoms with Crippen molar-refractivity contribution in [3.05, 3.63) is 11.9 Å². The Kier molecular flexibility index (Phi) is 3.18. The van der Waals surface area contributed by atoms with Crippen molar-refractivity contribution in [2.75, 3.05) is 6.54 Å². The zero-order valence-corrected chi connectivity index (χ0v) is 8.06. The Morgan fingerprint density at radius 2 is 2.50 bits per heavy atom. The summed E-state index contributed by atoms with van der Waals surface area (Å²) in [6.45, 7) is 3.74. The lowest BCUT2D eigenvalue weighted by Gasteiger charge is -2.22. The molecular weight excluding hydrogens is 182 g/mol. The minimum absolute atomic E-state index is 0.0288. The molecule has 1 rings (SSSR count). The second kappa shape index (κ2) is 4.37. The van der Waals surface area contributed by atoms with Gasteiger partial charge in [0, 0.05) is 6.04 Å². The predicted octanol–water partition coefficient (Wildman–Crippen LogP) is 0.179. The lowest BCUT2D eigenvalue weighted by molar-refractivity contribution is 0.0725. The number of nitrogens with zero attached hydrogens (tertiary/aromatic N) is 4. The molecule has 0 spiro atoms. The molecule has 0 radical (unpaired) electrons. The highest BCUT2D eigenvalue weighted by Gasteiger charge is 2.20. The van der Waals surface area contributed by atoms with Crippen molar-refractivity contribution >= 4 is 5.91 Å². The quantitative estimate of drug-likeness (QED) is 0.694. The van der Waals surface area contributed by atoms with E-state index in [1.54, 1.807) is 0 Å². The molecule has 0 bridgehead atoms. The molecule has 14 heavy (non-hydrogen) atoms. The van der Waals surface area contributed by atoms with Crippen LogP contribution < -0.4 is 0 Å². The Bertz CT molecular complexity index is 337. The van der Waals surface area contributed by atoms with Crippen molar-refractivity contribution in [1.29, 1.82) is 5.26 Å². The van der Waals surface area contributed by atoms with Crippen LogP contribution in [-0.2, 0) is 0 Å². The van der Waals surface area contributed by atoms with Crippen molar-refractivity contribution in [2.24, 2.45) is 0 Å². The molecule has 6 heteroatoms. The van der Waals surface area contributed by atoms with E-state index in [2.05, 4.69) is 15.4 Å². The highest BCUT2D eigenvalue weighted by atomic mass is 16.2. The third kappa shape index (κ3) is 2.07.